The first-order chi connectivity index (χ1) is 15.9. The van der Waals surface area contributed by atoms with Gasteiger partial charge in [-0.2, -0.15) is 5.10 Å². The molecule has 4 nitrogen and oxygen atoms in total. The number of anilines is 1. The Bertz CT molecular complexity index is 1060. The van der Waals surface area contributed by atoms with Crippen LogP contribution in [0.4, 0.5) is 10.2 Å². The lowest BCUT2D eigenvalue weighted by Crippen LogP contribution is -2.68. The van der Waals surface area contributed by atoms with E-state index in [0.717, 1.165) is 5.69 Å². The third kappa shape index (κ3) is 4.45. The van der Waals surface area contributed by atoms with Crippen molar-refractivity contribution in [2.75, 3.05) is 5.73 Å². The highest BCUT2D eigenvalue weighted by Crippen LogP contribution is 2.44. The third-order valence-corrected chi connectivity index (χ3v) is 12.0. The van der Waals surface area contributed by atoms with Crippen LogP contribution >= 0.6 is 0 Å². The molecule has 1 saturated carbocycles. The minimum Gasteiger partial charge on any atom is -0.401 e. The van der Waals surface area contributed by atoms with Crippen molar-refractivity contribution < 1.29 is 8.82 Å². The van der Waals surface area contributed by atoms with Crippen LogP contribution in [0.3, 0.4) is 0 Å². The van der Waals surface area contributed by atoms with Gasteiger partial charge in [0.05, 0.1) is 17.3 Å². The van der Waals surface area contributed by atoms with Crippen molar-refractivity contribution in [1.82, 2.24) is 9.78 Å². The molecule has 1 heterocycles. The Labute approximate surface area is 204 Å². The Morgan fingerprint density at radius 3 is 1.88 bits per heavy atom. The molecule has 182 valence electrons. The maximum absolute atomic E-state index is 15.6. The Kier molecular flexibility index (Phi) is 6.51. The molecule has 34 heavy (non-hydrogen) atoms. The number of nitrogens with two attached hydrogens (primary N) is 1. The summed E-state index contributed by atoms with van der Waals surface area (Å²) in [5.74, 6) is 0.610. The summed E-state index contributed by atoms with van der Waals surface area (Å²) in [6, 6.07) is 22.8. The van der Waals surface area contributed by atoms with E-state index in [-0.39, 0.29) is 16.5 Å². The van der Waals surface area contributed by atoms with Gasteiger partial charge in [0.15, 0.2) is 0 Å². The summed E-state index contributed by atoms with van der Waals surface area (Å²) in [5, 5.41) is 6.93. The molecule has 6 heteroatoms. The van der Waals surface area contributed by atoms with Crippen LogP contribution in [0.15, 0.2) is 66.7 Å². The van der Waals surface area contributed by atoms with Gasteiger partial charge in [-0.15, -0.1) is 0 Å². The van der Waals surface area contributed by atoms with Crippen molar-refractivity contribution in [2.24, 2.45) is 0 Å². The Morgan fingerprint density at radius 2 is 1.44 bits per heavy atom. The number of hydrogen-bond acceptors (Lipinski definition) is 3. The summed E-state index contributed by atoms with van der Waals surface area (Å²) < 4.78 is 24.6. The number of nitrogens with zero attached hydrogens (tertiary/aromatic N) is 2. The average Bonchev–Trinajstić information content (AvgIpc) is 3.34. The van der Waals surface area contributed by atoms with E-state index in [1.165, 1.54) is 10.4 Å². The molecule has 2 aromatic carbocycles. The average molecular weight is 480 g/mol. The van der Waals surface area contributed by atoms with E-state index in [2.05, 4.69) is 90.1 Å². The number of hydrogen-bond donors (Lipinski definition) is 1. The molecule has 1 fully saturated rings. The van der Waals surface area contributed by atoms with Gasteiger partial charge in [0.2, 0.25) is 0 Å². The first-order valence-electron chi connectivity index (χ1n) is 12.2. The highest BCUT2D eigenvalue weighted by Gasteiger charge is 2.53. The molecule has 1 aromatic heterocycles. The van der Waals surface area contributed by atoms with Crippen LogP contribution in [0.2, 0.25) is 5.04 Å². The molecule has 3 aromatic rings. The van der Waals surface area contributed by atoms with E-state index < -0.39 is 20.6 Å². The van der Waals surface area contributed by atoms with Gasteiger partial charge in [0, 0.05) is 12.0 Å². The first kappa shape index (κ1) is 24.7. The summed E-state index contributed by atoms with van der Waals surface area (Å²) in [6.45, 7) is 12.9. The summed E-state index contributed by atoms with van der Waals surface area (Å²) in [6.07, 6.45) is -0.527. The maximum atomic E-state index is 15.6. The standard InChI is InChI=1S/C28H38FN3OSi/c1-27(2,3)32-26(30)19-24(31-32)20-17-23(29)25(18-20)33-34(28(4,5)6,21-13-9-7-10-14-21)22-15-11-8-12-16-22/h7-16,19-20,23,25H,17-18,30H2,1-6H3/t20-,23-,25-/m0/s1. The number of benzene rings is 2. The van der Waals surface area contributed by atoms with E-state index >= 15 is 4.39 Å². The van der Waals surface area contributed by atoms with Crippen molar-refractivity contribution >= 4 is 24.5 Å². The van der Waals surface area contributed by atoms with Gasteiger partial charge in [0.1, 0.15) is 12.0 Å². The van der Waals surface area contributed by atoms with E-state index in [1.54, 1.807) is 0 Å². The van der Waals surface area contributed by atoms with Crippen LogP contribution in [-0.4, -0.2) is 30.4 Å². The van der Waals surface area contributed by atoms with Crippen LogP contribution in [0.1, 0.15) is 66.0 Å². The largest absolute Gasteiger partial charge is 0.401 e. The maximum Gasteiger partial charge on any atom is 0.261 e. The van der Waals surface area contributed by atoms with Crippen LogP contribution in [-0.2, 0) is 9.96 Å². The molecule has 0 unspecified atom stereocenters. The minimum absolute atomic E-state index is 0.0101. The Hall–Kier alpha value is -2.44. The molecule has 3 atom stereocenters. The lowest BCUT2D eigenvalue weighted by molar-refractivity contribution is 0.115. The molecule has 0 amide bonds. The highest BCUT2D eigenvalue weighted by atomic mass is 28.4. The summed E-state index contributed by atoms with van der Waals surface area (Å²) in [4.78, 5) is 0. The van der Waals surface area contributed by atoms with E-state index in [0.29, 0.717) is 18.7 Å². The van der Waals surface area contributed by atoms with Gasteiger partial charge in [-0.25, -0.2) is 9.07 Å². The molecule has 0 spiro atoms. The zero-order valence-corrected chi connectivity index (χ0v) is 22.3. The molecule has 0 bridgehead atoms. The summed E-state index contributed by atoms with van der Waals surface area (Å²) >= 11 is 0. The Balaban J connectivity index is 1.72. The van der Waals surface area contributed by atoms with E-state index in [1.807, 2.05) is 22.9 Å². The van der Waals surface area contributed by atoms with Crippen molar-refractivity contribution in [3.8, 4) is 0 Å². The number of nitrogen functional groups attached to an aromatic ring is 1. The molecular formula is C28H38FN3OSi. The van der Waals surface area contributed by atoms with Gasteiger partial charge >= 0.3 is 0 Å². The predicted octanol–water partition coefficient (Wildman–Crippen LogP) is 5.38. The predicted molar refractivity (Wildman–Crippen MR) is 141 cm³/mol. The number of alkyl halides is 1. The fourth-order valence-corrected chi connectivity index (χ4v) is 10.1. The van der Waals surface area contributed by atoms with Gasteiger partial charge in [-0.3, -0.25) is 0 Å². The SMILES string of the molecule is CC(C)(C)n1nc([C@@H]2C[C@H](O[Si](c3ccccc3)(c3ccccc3)C(C)(C)C)[C@@H](F)C2)cc1N. The molecule has 0 aliphatic heterocycles. The normalized spacial score (nSPS) is 21.7. The fourth-order valence-electron chi connectivity index (χ4n) is 5.38. The lowest BCUT2D eigenvalue weighted by Gasteiger charge is -2.45. The number of rotatable bonds is 5. The second-order valence-corrected chi connectivity index (χ2v) is 15.8. The second-order valence-electron chi connectivity index (χ2n) is 11.6. The van der Waals surface area contributed by atoms with Crippen molar-refractivity contribution in [1.29, 1.82) is 0 Å². The van der Waals surface area contributed by atoms with Crippen LogP contribution in [0, 0.1) is 0 Å². The van der Waals surface area contributed by atoms with Gasteiger partial charge in [-0.05, 0) is 49.0 Å². The van der Waals surface area contributed by atoms with Crippen molar-refractivity contribution in [3.63, 3.8) is 0 Å². The van der Waals surface area contributed by atoms with E-state index in [4.69, 9.17) is 15.3 Å². The van der Waals surface area contributed by atoms with Crippen molar-refractivity contribution in [3.05, 3.63) is 72.4 Å². The highest BCUT2D eigenvalue weighted by molar-refractivity contribution is 6.99. The second kappa shape index (κ2) is 8.97. The molecule has 1 aliphatic rings. The zero-order valence-electron chi connectivity index (χ0n) is 21.3. The molecule has 2 N–H and O–H groups in total. The lowest BCUT2D eigenvalue weighted by atomic mass is 10.0. The third-order valence-electron chi connectivity index (χ3n) is 6.98. The summed E-state index contributed by atoms with van der Waals surface area (Å²) in [5.41, 5.74) is 6.90. The zero-order chi connectivity index (χ0) is 24.7. The van der Waals surface area contributed by atoms with Gasteiger partial charge in [0.25, 0.3) is 8.32 Å². The summed E-state index contributed by atoms with van der Waals surface area (Å²) in [7, 11) is -2.81. The topological polar surface area (TPSA) is 53.1 Å². The van der Waals surface area contributed by atoms with E-state index in [9.17, 15) is 0 Å². The molecular weight excluding hydrogens is 441 g/mol. The van der Waals surface area contributed by atoms with Crippen LogP contribution < -0.4 is 16.1 Å². The van der Waals surface area contributed by atoms with Gasteiger partial charge in [-0.1, -0.05) is 81.4 Å². The quantitative estimate of drug-likeness (QED) is 0.500. The Morgan fingerprint density at radius 1 is 0.912 bits per heavy atom. The van der Waals surface area contributed by atoms with Crippen LogP contribution in [0.5, 0.6) is 0 Å². The molecule has 0 saturated heterocycles. The fraction of sp³-hybridized carbons (Fsp3) is 0.464. The first-order valence-corrected chi connectivity index (χ1v) is 14.1. The number of aromatic nitrogens is 2. The van der Waals surface area contributed by atoms with Crippen molar-refractivity contribution in [2.45, 2.75) is 83.2 Å². The molecule has 1 aliphatic carbocycles. The minimum atomic E-state index is -2.81. The number of halogens is 1. The molecule has 4 rings (SSSR count). The monoisotopic (exact) mass is 479 g/mol. The van der Waals surface area contributed by atoms with Crippen LogP contribution in [0.25, 0.3) is 0 Å². The molecule has 0 radical (unpaired) electrons. The smallest absolute Gasteiger partial charge is 0.261 e. The van der Waals surface area contributed by atoms with Gasteiger partial charge < -0.3 is 10.2 Å².